The first-order chi connectivity index (χ1) is 8.70. The van der Waals surface area contributed by atoms with Crippen LogP contribution in [-0.2, 0) is 0 Å². The Hall–Kier alpha value is -2.63. The van der Waals surface area contributed by atoms with Crippen molar-refractivity contribution >= 4 is 11.7 Å². The molecule has 0 unspecified atom stereocenters. The van der Waals surface area contributed by atoms with E-state index >= 15 is 0 Å². The lowest BCUT2D eigenvalue weighted by atomic mass is 10.3. The number of amides is 1. The quantitative estimate of drug-likeness (QED) is 0.845. The predicted octanol–water partition coefficient (Wildman–Crippen LogP) is 1.03. The van der Waals surface area contributed by atoms with E-state index in [-0.39, 0.29) is 16.9 Å². The third-order valence-corrected chi connectivity index (χ3v) is 2.25. The van der Waals surface area contributed by atoms with Gasteiger partial charge in [-0.3, -0.25) is 9.59 Å². The van der Waals surface area contributed by atoms with Crippen molar-refractivity contribution in [2.75, 3.05) is 12.4 Å². The number of methoxy groups -OCH3 is 1. The molecule has 0 spiro atoms. The fourth-order valence-corrected chi connectivity index (χ4v) is 1.37. The van der Waals surface area contributed by atoms with Crippen LogP contribution in [0.25, 0.3) is 0 Å². The number of carbonyl (C=O) groups is 1. The first-order valence-electron chi connectivity index (χ1n) is 5.20. The van der Waals surface area contributed by atoms with Crippen molar-refractivity contribution in [1.82, 2.24) is 9.97 Å². The molecule has 0 saturated heterocycles. The zero-order valence-corrected chi connectivity index (χ0v) is 9.64. The predicted molar refractivity (Wildman–Crippen MR) is 65.8 cm³/mol. The molecule has 0 radical (unpaired) electrons. The van der Waals surface area contributed by atoms with E-state index in [1.165, 1.54) is 19.4 Å². The lowest BCUT2D eigenvalue weighted by Gasteiger charge is -2.04. The topological polar surface area (TPSA) is 84.1 Å². The van der Waals surface area contributed by atoms with Crippen LogP contribution in [-0.4, -0.2) is 23.0 Å². The summed E-state index contributed by atoms with van der Waals surface area (Å²) in [7, 11) is 1.39. The molecular weight excluding hydrogens is 234 g/mol. The lowest BCUT2D eigenvalue weighted by molar-refractivity contribution is 0.102. The van der Waals surface area contributed by atoms with Crippen LogP contribution in [0, 0.1) is 0 Å². The number of rotatable bonds is 3. The molecule has 0 aromatic carbocycles. The van der Waals surface area contributed by atoms with Crippen molar-refractivity contribution in [2.24, 2.45) is 0 Å². The Morgan fingerprint density at radius 2 is 2.28 bits per heavy atom. The summed E-state index contributed by atoms with van der Waals surface area (Å²) >= 11 is 0. The second-order valence-corrected chi connectivity index (χ2v) is 3.45. The largest absolute Gasteiger partial charge is 0.491 e. The number of anilines is 1. The monoisotopic (exact) mass is 245 g/mol. The van der Waals surface area contributed by atoms with Crippen molar-refractivity contribution in [1.29, 1.82) is 0 Å². The minimum atomic E-state index is -0.437. The Bertz CT molecular complexity index is 607. The molecule has 0 saturated carbocycles. The Morgan fingerprint density at radius 3 is 2.89 bits per heavy atom. The second kappa shape index (κ2) is 5.13. The zero-order chi connectivity index (χ0) is 13.0. The highest BCUT2D eigenvalue weighted by Gasteiger charge is 2.09. The number of hydrogen-bond donors (Lipinski definition) is 2. The normalized spacial score (nSPS) is 9.83. The van der Waals surface area contributed by atoms with Crippen molar-refractivity contribution in [3.05, 3.63) is 52.6 Å². The maximum atomic E-state index is 11.8. The Morgan fingerprint density at radius 1 is 1.44 bits per heavy atom. The standard InChI is InChI=1S/C12H11N3O3/c1-18-10-7-14-8(6-9(10)16)12(17)15-11-4-2-3-5-13-11/h2-7H,1H3,(H,14,16)(H,13,15,17). The van der Waals surface area contributed by atoms with Gasteiger partial charge in [0.05, 0.1) is 7.11 Å². The van der Waals surface area contributed by atoms with E-state index in [1.54, 1.807) is 24.4 Å². The summed E-state index contributed by atoms with van der Waals surface area (Å²) in [5.74, 6) is 0.136. The van der Waals surface area contributed by atoms with E-state index in [4.69, 9.17) is 4.74 Å². The molecule has 0 aliphatic carbocycles. The first kappa shape index (κ1) is 11.8. The van der Waals surface area contributed by atoms with E-state index in [2.05, 4.69) is 15.3 Å². The van der Waals surface area contributed by atoms with Crippen molar-refractivity contribution < 1.29 is 9.53 Å². The molecule has 2 rings (SSSR count). The molecule has 0 fully saturated rings. The average molecular weight is 245 g/mol. The number of nitrogens with zero attached hydrogens (tertiary/aromatic N) is 1. The molecule has 2 aromatic heterocycles. The molecule has 6 nitrogen and oxygen atoms in total. The fraction of sp³-hybridized carbons (Fsp3) is 0.0833. The van der Waals surface area contributed by atoms with Gasteiger partial charge in [-0.2, -0.15) is 0 Å². The smallest absolute Gasteiger partial charge is 0.273 e. The number of pyridine rings is 2. The number of carbonyl (C=O) groups excluding carboxylic acids is 1. The fourth-order valence-electron chi connectivity index (χ4n) is 1.37. The second-order valence-electron chi connectivity index (χ2n) is 3.45. The molecule has 0 aliphatic heterocycles. The Labute approximate surface area is 103 Å². The minimum Gasteiger partial charge on any atom is -0.491 e. The van der Waals surface area contributed by atoms with Crippen LogP contribution in [0.5, 0.6) is 5.75 Å². The van der Waals surface area contributed by atoms with Gasteiger partial charge in [0.1, 0.15) is 11.5 Å². The first-order valence-corrected chi connectivity index (χ1v) is 5.20. The third kappa shape index (κ3) is 2.54. The molecule has 0 atom stereocenters. The maximum Gasteiger partial charge on any atom is 0.273 e. The van der Waals surface area contributed by atoms with Gasteiger partial charge in [-0.15, -0.1) is 0 Å². The van der Waals surface area contributed by atoms with Crippen LogP contribution in [0.2, 0.25) is 0 Å². The summed E-state index contributed by atoms with van der Waals surface area (Å²) in [6.45, 7) is 0. The van der Waals surface area contributed by atoms with Gasteiger partial charge in [0.25, 0.3) is 5.91 Å². The molecule has 6 heteroatoms. The number of hydrogen-bond acceptors (Lipinski definition) is 4. The molecule has 0 bridgehead atoms. The summed E-state index contributed by atoms with van der Waals surface area (Å²) in [6.07, 6.45) is 2.90. The van der Waals surface area contributed by atoms with E-state index in [1.807, 2.05) is 0 Å². The molecule has 1 amide bonds. The van der Waals surface area contributed by atoms with Gasteiger partial charge >= 0.3 is 0 Å². The van der Waals surface area contributed by atoms with Crippen LogP contribution < -0.4 is 15.5 Å². The Balaban J connectivity index is 2.20. The van der Waals surface area contributed by atoms with Gasteiger partial charge in [-0.05, 0) is 12.1 Å². The summed E-state index contributed by atoms with van der Waals surface area (Å²) < 4.78 is 4.81. The van der Waals surface area contributed by atoms with Crippen LogP contribution in [0.3, 0.4) is 0 Å². The summed E-state index contributed by atoms with van der Waals surface area (Å²) in [4.78, 5) is 29.9. The molecule has 92 valence electrons. The van der Waals surface area contributed by atoms with Gasteiger partial charge < -0.3 is 15.0 Å². The number of H-pyrrole nitrogens is 1. The maximum absolute atomic E-state index is 11.8. The van der Waals surface area contributed by atoms with Gasteiger partial charge in [0.2, 0.25) is 5.43 Å². The Kier molecular flexibility index (Phi) is 3.38. The van der Waals surface area contributed by atoms with Gasteiger partial charge in [-0.25, -0.2) is 4.98 Å². The van der Waals surface area contributed by atoms with E-state index in [9.17, 15) is 9.59 Å². The van der Waals surface area contributed by atoms with Crippen LogP contribution >= 0.6 is 0 Å². The zero-order valence-electron chi connectivity index (χ0n) is 9.64. The molecule has 0 aliphatic rings. The van der Waals surface area contributed by atoms with E-state index in [0.717, 1.165) is 0 Å². The third-order valence-electron chi connectivity index (χ3n) is 2.25. The number of nitrogens with one attached hydrogen (secondary N) is 2. The van der Waals surface area contributed by atoms with Gasteiger partial charge in [0, 0.05) is 18.5 Å². The van der Waals surface area contributed by atoms with Crippen molar-refractivity contribution in [2.45, 2.75) is 0 Å². The summed E-state index contributed by atoms with van der Waals surface area (Å²) in [6, 6.07) is 6.32. The molecule has 2 aromatic rings. The van der Waals surface area contributed by atoms with Crippen LogP contribution in [0.4, 0.5) is 5.82 Å². The van der Waals surface area contributed by atoms with Crippen molar-refractivity contribution in [3.63, 3.8) is 0 Å². The van der Waals surface area contributed by atoms with Crippen molar-refractivity contribution in [3.8, 4) is 5.75 Å². The highest BCUT2D eigenvalue weighted by molar-refractivity contribution is 6.02. The molecular formula is C12H11N3O3. The highest BCUT2D eigenvalue weighted by atomic mass is 16.5. The lowest BCUT2D eigenvalue weighted by Crippen LogP contribution is -2.17. The average Bonchev–Trinajstić information content (AvgIpc) is 2.39. The minimum absolute atomic E-state index is 0.145. The number of ether oxygens (including phenoxy) is 1. The van der Waals surface area contributed by atoms with Crippen LogP contribution in [0.1, 0.15) is 10.5 Å². The molecule has 2 N–H and O–H groups in total. The molecule has 18 heavy (non-hydrogen) atoms. The van der Waals surface area contributed by atoms with Gasteiger partial charge in [-0.1, -0.05) is 6.07 Å². The SMILES string of the molecule is COc1c[nH]c(C(=O)Nc2ccccn2)cc1=O. The summed E-state index contributed by atoms with van der Waals surface area (Å²) in [5, 5.41) is 2.56. The van der Waals surface area contributed by atoms with Gasteiger partial charge in [0.15, 0.2) is 5.75 Å². The van der Waals surface area contributed by atoms with E-state index in [0.29, 0.717) is 5.82 Å². The summed E-state index contributed by atoms with van der Waals surface area (Å²) in [5.41, 5.74) is -0.214. The van der Waals surface area contributed by atoms with E-state index < -0.39 is 5.91 Å². The number of aromatic nitrogens is 2. The number of aromatic amines is 1. The highest BCUT2D eigenvalue weighted by Crippen LogP contribution is 2.05. The van der Waals surface area contributed by atoms with Crippen LogP contribution in [0.15, 0.2) is 41.5 Å². The molecule has 2 heterocycles.